The van der Waals surface area contributed by atoms with Crippen molar-refractivity contribution in [1.82, 2.24) is 19.6 Å². The molecule has 0 radical (unpaired) electrons. The third kappa shape index (κ3) is 8.69. The van der Waals surface area contributed by atoms with Gasteiger partial charge in [-0.05, 0) is 24.3 Å². The van der Waals surface area contributed by atoms with Crippen LogP contribution in [-0.4, -0.2) is 50.8 Å². The Kier molecular flexibility index (Phi) is 12.1. The van der Waals surface area contributed by atoms with E-state index in [-0.39, 0.29) is 33.6 Å². The number of halogens is 16. The Balaban J connectivity index is 1.95. The van der Waals surface area contributed by atoms with Crippen LogP contribution in [0.25, 0.3) is 11.4 Å². The first kappa shape index (κ1) is 44.1. The predicted molar refractivity (Wildman–Crippen MR) is 169 cm³/mol. The molecule has 2 amide bonds. The number of hydrogen-bond donors (Lipinski definition) is 2. The van der Waals surface area contributed by atoms with E-state index >= 15 is 0 Å². The Bertz CT molecular complexity index is 2240. The molecule has 4 aromatic rings. The van der Waals surface area contributed by atoms with Gasteiger partial charge in [0, 0.05) is 0 Å². The van der Waals surface area contributed by atoms with Gasteiger partial charge in [0.15, 0.2) is 44.6 Å². The minimum atomic E-state index is -5.80. The lowest BCUT2D eigenvalue weighted by atomic mass is 10.2. The summed E-state index contributed by atoms with van der Waals surface area (Å²) in [7, 11) is -8.76. The molecule has 0 aliphatic carbocycles. The van der Waals surface area contributed by atoms with Crippen molar-refractivity contribution in [3.63, 3.8) is 0 Å². The zero-order valence-corrected chi connectivity index (χ0v) is 30.1. The number of aromatic nitrogens is 4. The molecule has 12 nitrogen and oxygen atoms in total. The SMILES string of the molecule is N#Cc1nn(-c2c(Cl)cc(C(F)(F)F)cc2Cl)c(NC(=O)C(=O)Nc2c(S(=O)C(F)(F)F)c(C#N)nn2-c2c(Cl)cc(C(F)(F)F)cc2Cl)c1S(=O)C(F)(F)F. The molecule has 0 saturated heterocycles. The van der Waals surface area contributed by atoms with E-state index in [9.17, 15) is 81.2 Å². The van der Waals surface area contributed by atoms with Crippen LogP contribution in [0.3, 0.4) is 0 Å². The molecule has 0 spiro atoms. The Morgan fingerprint density at radius 2 is 0.857 bits per heavy atom. The van der Waals surface area contributed by atoms with Gasteiger partial charge in [-0.3, -0.25) is 9.59 Å². The lowest BCUT2D eigenvalue weighted by Gasteiger charge is -2.17. The van der Waals surface area contributed by atoms with E-state index in [2.05, 4.69) is 10.2 Å². The summed E-state index contributed by atoms with van der Waals surface area (Å²) in [5.41, 5.74) is -19.7. The van der Waals surface area contributed by atoms with E-state index in [1.807, 2.05) is 0 Å². The number of rotatable bonds is 6. The van der Waals surface area contributed by atoms with Crippen LogP contribution in [-0.2, 0) is 43.5 Å². The van der Waals surface area contributed by atoms with Gasteiger partial charge >= 0.3 is 35.2 Å². The van der Waals surface area contributed by atoms with Gasteiger partial charge in [0.2, 0.25) is 0 Å². The third-order valence-electron chi connectivity index (χ3n) is 6.47. The van der Waals surface area contributed by atoms with Crippen LogP contribution in [0.4, 0.5) is 64.3 Å². The fourth-order valence-electron chi connectivity index (χ4n) is 4.27. The van der Waals surface area contributed by atoms with Crippen LogP contribution in [0.5, 0.6) is 0 Å². The molecule has 298 valence electrons. The summed E-state index contributed by atoms with van der Waals surface area (Å²) in [6, 6.07) is 2.76. The number of nitrogens with zero attached hydrogens (tertiary/aromatic N) is 6. The monoisotopic (exact) mass is 926 g/mol. The molecule has 0 aliphatic heterocycles. The number of anilines is 2. The smallest absolute Gasteiger partial charge is 0.301 e. The van der Waals surface area contributed by atoms with Crippen LogP contribution in [0.15, 0.2) is 34.1 Å². The van der Waals surface area contributed by atoms with Crippen molar-refractivity contribution in [3.05, 3.63) is 66.9 Å². The molecule has 30 heteroatoms. The average Bonchev–Trinajstić information content (AvgIpc) is 3.58. The Morgan fingerprint density at radius 1 is 0.589 bits per heavy atom. The quantitative estimate of drug-likeness (QED) is 0.143. The molecule has 4 rings (SSSR count). The van der Waals surface area contributed by atoms with Gasteiger partial charge in [0.05, 0.1) is 31.2 Å². The molecule has 2 heterocycles. The Hall–Kier alpha value is -4.60. The van der Waals surface area contributed by atoms with Gasteiger partial charge < -0.3 is 10.6 Å². The number of hydrogen-bond acceptors (Lipinski definition) is 8. The van der Waals surface area contributed by atoms with Gasteiger partial charge in [-0.25, -0.2) is 17.8 Å². The molecule has 0 aliphatic rings. The molecule has 2 N–H and O–H groups in total. The highest BCUT2D eigenvalue weighted by Gasteiger charge is 2.46. The second kappa shape index (κ2) is 15.4. The van der Waals surface area contributed by atoms with E-state index < -0.39 is 132 Å². The van der Waals surface area contributed by atoms with Crippen LogP contribution >= 0.6 is 46.4 Å². The first-order chi connectivity index (χ1) is 25.5. The molecule has 0 fully saturated rings. The van der Waals surface area contributed by atoms with Gasteiger partial charge in [0.1, 0.15) is 33.3 Å². The van der Waals surface area contributed by atoms with Crippen molar-refractivity contribution in [2.75, 3.05) is 10.6 Å². The van der Waals surface area contributed by atoms with Crippen molar-refractivity contribution in [3.8, 4) is 23.5 Å². The number of nitrogens with one attached hydrogen (secondary N) is 2. The van der Waals surface area contributed by atoms with Crippen molar-refractivity contribution >= 4 is 91.5 Å². The summed E-state index contributed by atoms with van der Waals surface area (Å²) in [6.07, 6.45) is -10.3. The fraction of sp³-hybridized carbons (Fsp3) is 0.154. The fourth-order valence-corrected chi connectivity index (χ4v) is 7.18. The van der Waals surface area contributed by atoms with E-state index in [1.54, 1.807) is 0 Å². The standard InChI is InChI=1S/C26H6Cl4F12N8O4S2/c27-9-1-7(23(31,32)33)2-10(28)15(9)49-19(17(13(5-43)47-49)55(53)25(37,38)39)45-21(51)22(52)46-20-18(56(54)26(40,41)42)14(6-44)48-50(20)16-11(29)3-8(4-12(16)30)24(34,35)36/h1-4H,(H,45,51)(H,46,52). The molecular formula is C26H6Cl4F12N8O4S2. The first-order valence-electron chi connectivity index (χ1n) is 13.3. The predicted octanol–water partition coefficient (Wildman–Crippen LogP) is 8.28. The number of alkyl halides is 12. The van der Waals surface area contributed by atoms with Crippen LogP contribution < -0.4 is 10.6 Å². The van der Waals surface area contributed by atoms with Crippen LogP contribution in [0, 0.1) is 22.7 Å². The van der Waals surface area contributed by atoms with E-state index in [0.717, 1.165) is 12.1 Å². The Labute approximate surface area is 325 Å². The summed E-state index contributed by atoms with van der Waals surface area (Å²) >= 11 is 23.6. The molecular weight excluding hydrogens is 922 g/mol. The summed E-state index contributed by atoms with van der Waals surface area (Å²) in [4.78, 5) is 23.0. The maximum Gasteiger partial charge on any atom is 0.476 e. The van der Waals surface area contributed by atoms with E-state index in [1.165, 1.54) is 10.6 Å². The number of carbonyl (C=O) groups is 2. The Morgan fingerprint density at radius 3 is 1.07 bits per heavy atom. The summed E-state index contributed by atoms with van der Waals surface area (Å²) in [6.45, 7) is 0. The second-order valence-electron chi connectivity index (χ2n) is 10.0. The largest absolute Gasteiger partial charge is 0.476 e. The highest BCUT2D eigenvalue weighted by Crippen LogP contribution is 2.43. The van der Waals surface area contributed by atoms with E-state index in [0.29, 0.717) is 0 Å². The number of amides is 2. The highest BCUT2D eigenvalue weighted by atomic mass is 35.5. The van der Waals surface area contributed by atoms with Crippen LogP contribution in [0.1, 0.15) is 22.5 Å². The van der Waals surface area contributed by atoms with Gasteiger partial charge in [-0.15, -0.1) is 0 Å². The summed E-state index contributed by atoms with van der Waals surface area (Å²) < 4.78 is 188. The maximum absolute atomic E-state index is 13.7. The lowest BCUT2D eigenvalue weighted by molar-refractivity contribution is -0.138. The lowest BCUT2D eigenvalue weighted by Crippen LogP contribution is -2.32. The second-order valence-corrected chi connectivity index (χ2v) is 14.5. The summed E-state index contributed by atoms with van der Waals surface area (Å²) in [5, 5.41) is 24.2. The third-order valence-corrected chi connectivity index (χ3v) is 9.98. The molecule has 2 aromatic heterocycles. The van der Waals surface area contributed by atoms with Crippen molar-refractivity contribution in [2.24, 2.45) is 0 Å². The number of nitriles is 2. The van der Waals surface area contributed by atoms with Gasteiger partial charge in [-0.1, -0.05) is 46.4 Å². The molecule has 0 bridgehead atoms. The number of carbonyl (C=O) groups excluding carboxylic acids is 2. The minimum Gasteiger partial charge on any atom is -0.301 e. The van der Waals surface area contributed by atoms with Crippen molar-refractivity contribution < 1.29 is 70.7 Å². The highest BCUT2D eigenvalue weighted by molar-refractivity contribution is 7.86. The first-order valence-corrected chi connectivity index (χ1v) is 17.1. The van der Waals surface area contributed by atoms with Crippen molar-refractivity contribution in [2.45, 2.75) is 33.2 Å². The minimum absolute atomic E-state index is 0.0442. The van der Waals surface area contributed by atoms with Crippen LogP contribution in [0.2, 0.25) is 20.1 Å². The normalized spacial score (nSPS) is 13.5. The van der Waals surface area contributed by atoms with E-state index in [4.69, 9.17) is 46.4 Å². The topological polar surface area (TPSA) is 176 Å². The van der Waals surface area contributed by atoms with Gasteiger partial charge in [0.25, 0.3) is 0 Å². The van der Waals surface area contributed by atoms with Crippen molar-refractivity contribution in [1.29, 1.82) is 10.5 Å². The average molecular weight is 928 g/mol. The molecule has 2 atom stereocenters. The molecule has 0 saturated carbocycles. The van der Waals surface area contributed by atoms with Gasteiger partial charge in [-0.2, -0.15) is 73.4 Å². The zero-order chi connectivity index (χ0) is 42.6. The molecule has 2 aromatic carbocycles. The summed E-state index contributed by atoms with van der Waals surface area (Å²) in [5.74, 6) is -7.82. The zero-order valence-electron chi connectivity index (χ0n) is 25.5. The molecule has 2 unspecified atom stereocenters. The number of benzene rings is 2. The molecule has 56 heavy (non-hydrogen) atoms. The maximum atomic E-state index is 13.7.